The molecular formula is C21H30N4O6S2. The number of amides is 4. The third-order valence-corrected chi connectivity index (χ3v) is 7.99. The van der Waals surface area contributed by atoms with Crippen LogP contribution in [0, 0.1) is 5.92 Å². The minimum absolute atomic E-state index is 0.147. The average Bonchev–Trinajstić information content (AvgIpc) is 3.52. The molecule has 3 atom stereocenters. The minimum Gasteiger partial charge on any atom is -0.456 e. The number of esters is 1. The summed E-state index contributed by atoms with van der Waals surface area (Å²) >= 11 is 0. The van der Waals surface area contributed by atoms with Crippen LogP contribution in [-0.4, -0.2) is 71.4 Å². The Kier molecular flexibility index (Phi) is 8.69. The van der Waals surface area contributed by atoms with Gasteiger partial charge >= 0.3 is 5.97 Å². The maximum absolute atomic E-state index is 13.1. The highest BCUT2D eigenvalue weighted by Gasteiger charge is 2.52. The fourth-order valence-corrected chi connectivity index (χ4v) is 5.63. The molecule has 2 aliphatic heterocycles. The first-order valence-electron chi connectivity index (χ1n) is 11.0. The first kappa shape index (κ1) is 25.4. The second-order valence-electron chi connectivity index (χ2n) is 8.66. The van der Waals surface area contributed by atoms with Crippen molar-refractivity contribution in [3.8, 4) is 0 Å². The molecule has 0 unspecified atom stereocenters. The van der Waals surface area contributed by atoms with Crippen molar-refractivity contribution in [1.29, 1.82) is 0 Å². The average molecular weight is 499 g/mol. The molecule has 2 heterocycles. The Morgan fingerprint density at radius 1 is 1.06 bits per heavy atom. The van der Waals surface area contributed by atoms with E-state index < -0.39 is 53.3 Å². The van der Waals surface area contributed by atoms with Crippen LogP contribution in [0.5, 0.6) is 0 Å². The van der Waals surface area contributed by atoms with Crippen LogP contribution in [0.1, 0.15) is 39.5 Å². The number of hydrogen-bond donors (Lipinski definition) is 4. The first-order valence-corrected chi connectivity index (χ1v) is 13.5. The number of hydrogen-bond acceptors (Lipinski definition) is 8. The quantitative estimate of drug-likeness (QED) is 0.225. The summed E-state index contributed by atoms with van der Waals surface area (Å²) in [5.41, 5.74) is -1.07. The highest BCUT2D eigenvalue weighted by atomic mass is 33.1. The van der Waals surface area contributed by atoms with Gasteiger partial charge in [0.1, 0.15) is 30.3 Å². The van der Waals surface area contributed by atoms with Gasteiger partial charge in [0.25, 0.3) is 0 Å². The van der Waals surface area contributed by atoms with Crippen LogP contribution in [-0.2, 0) is 28.7 Å². The van der Waals surface area contributed by atoms with Crippen molar-refractivity contribution in [2.75, 3.05) is 18.1 Å². The summed E-state index contributed by atoms with van der Waals surface area (Å²) in [7, 11) is 2.99. The van der Waals surface area contributed by atoms with Gasteiger partial charge < -0.3 is 26.0 Å². The van der Waals surface area contributed by atoms with E-state index in [1.54, 1.807) is 30.7 Å². The van der Waals surface area contributed by atoms with E-state index in [-0.39, 0.29) is 18.9 Å². The van der Waals surface area contributed by atoms with Gasteiger partial charge in [-0.1, -0.05) is 41.5 Å². The molecule has 33 heavy (non-hydrogen) atoms. The lowest BCUT2D eigenvalue weighted by Crippen LogP contribution is -2.59. The van der Waals surface area contributed by atoms with Gasteiger partial charge in [0.05, 0.1) is 6.42 Å². The summed E-state index contributed by atoms with van der Waals surface area (Å²) in [6.45, 7) is 3.16. The molecule has 4 amide bonds. The summed E-state index contributed by atoms with van der Waals surface area (Å²) < 4.78 is 5.42. The van der Waals surface area contributed by atoms with E-state index in [0.29, 0.717) is 25.0 Å². The lowest BCUT2D eigenvalue weighted by molar-refractivity contribution is -0.148. The van der Waals surface area contributed by atoms with Gasteiger partial charge in [0, 0.05) is 11.5 Å². The van der Waals surface area contributed by atoms with Gasteiger partial charge in [0.15, 0.2) is 0 Å². The van der Waals surface area contributed by atoms with E-state index in [2.05, 4.69) is 21.3 Å². The van der Waals surface area contributed by atoms with Crippen LogP contribution in [0.15, 0.2) is 12.2 Å². The van der Waals surface area contributed by atoms with E-state index in [1.807, 2.05) is 6.08 Å². The molecule has 1 spiro atoms. The summed E-state index contributed by atoms with van der Waals surface area (Å²) in [6.07, 6.45) is 4.11. The summed E-state index contributed by atoms with van der Waals surface area (Å²) in [5, 5.41) is 10.7. The highest BCUT2D eigenvalue weighted by molar-refractivity contribution is 8.76. The number of rotatable bonds is 1. The Morgan fingerprint density at radius 3 is 2.52 bits per heavy atom. The molecule has 182 valence electrons. The Hall–Kier alpha value is -2.21. The van der Waals surface area contributed by atoms with Crippen molar-refractivity contribution in [3.05, 3.63) is 12.2 Å². The second kappa shape index (κ2) is 11.3. The summed E-state index contributed by atoms with van der Waals surface area (Å²) in [4.78, 5) is 63.8. The first-order chi connectivity index (χ1) is 15.7. The van der Waals surface area contributed by atoms with E-state index >= 15 is 0 Å². The van der Waals surface area contributed by atoms with Crippen LogP contribution in [0.25, 0.3) is 0 Å². The third-order valence-electron chi connectivity index (χ3n) is 5.55. The predicted octanol–water partition coefficient (Wildman–Crippen LogP) is 0.0338. The maximum Gasteiger partial charge on any atom is 0.326 e. The zero-order valence-electron chi connectivity index (χ0n) is 18.7. The smallest absolute Gasteiger partial charge is 0.326 e. The van der Waals surface area contributed by atoms with Gasteiger partial charge in [-0.2, -0.15) is 0 Å². The van der Waals surface area contributed by atoms with Crippen molar-refractivity contribution in [2.45, 2.75) is 63.3 Å². The Balaban J connectivity index is 1.94. The Bertz CT molecular complexity index is 830. The normalized spacial score (nSPS) is 30.4. The van der Waals surface area contributed by atoms with Crippen LogP contribution in [0.2, 0.25) is 0 Å². The van der Waals surface area contributed by atoms with Gasteiger partial charge in [0.2, 0.25) is 23.6 Å². The molecule has 0 aromatic rings. The zero-order chi connectivity index (χ0) is 24.0. The van der Waals surface area contributed by atoms with Crippen molar-refractivity contribution < 1.29 is 28.7 Å². The van der Waals surface area contributed by atoms with Crippen LogP contribution >= 0.6 is 21.6 Å². The fraction of sp³-hybridized carbons (Fsp3) is 0.667. The Morgan fingerprint density at radius 2 is 1.82 bits per heavy atom. The standard InChI is InChI=1S/C21H30N4O6S2/c1-12(2)17-19(29)22-10-16(27)31-13-5-3-4-8-32-33-11-14(18(28)24-17)23-20(30)21(6-7-21)25-15(26)9-13/h3,5,12-14,17H,4,6-11H2,1-2H3,(H,22,29)(H,23,30)(H,24,28)(H,25,26)/b5-3+/t13-,14-,17-/m1/s1. The van der Waals surface area contributed by atoms with Crippen molar-refractivity contribution in [2.24, 2.45) is 5.92 Å². The molecule has 2 bridgehead atoms. The van der Waals surface area contributed by atoms with Gasteiger partial charge in [-0.15, -0.1) is 0 Å². The third kappa shape index (κ3) is 7.13. The molecule has 0 aromatic heterocycles. The highest BCUT2D eigenvalue weighted by Crippen LogP contribution is 2.36. The van der Waals surface area contributed by atoms with E-state index in [1.165, 1.54) is 10.8 Å². The molecular weight excluding hydrogens is 468 g/mol. The van der Waals surface area contributed by atoms with Crippen molar-refractivity contribution in [3.63, 3.8) is 0 Å². The van der Waals surface area contributed by atoms with E-state index in [9.17, 15) is 24.0 Å². The number of carbonyl (C=O) groups excluding carboxylic acids is 5. The monoisotopic (exact) mass is 498 g/mol. The zero-order valence-corrected chi connectivity index (χ0v) is 20.3. The number of fused-ring (bicyclic) bond motifs is 5. The SMILES string of the molecule is CC(C)[C@H]1NC(=O)[C@H]2CSSCC/C=C/[C@H](CC(=O)NC3(CC3)C(=O)N2)OC(=O)CNC1=O. The predicted molar refractivity (Wildman–Crippen MR) is 125 cm³/mol. The van der Waals surface area contributed by atoms with Gasteiger partial charge in [-0.25, -0.2) is 0 Å². The molecule has 10 nitrogen and oxygen atoms in total. The number of allylic oxidation sites excluding steroid dienone is 1. The molecule has 1 saturated heterocycles. The molecule has 0 radical (unpaired) electrons. The van der Waals surface area contributed by atoms with E-state index in [4.69, 9.17) is 4.74 Å². The van der Waals surface area contributed by atoms with Crippen LogP contribution < -0.4 is 21.3 Å². The lowest BCUT2D eigenvalue weighted by atomic mass is 10.0. The van der Waals surface area contributed by atoms with Gasteiger partial charge in [-0.3, -0.25) is 24.0 Å². The second-order valence-corrected chi connectivity index (χ2v) is 11.3. The fourth-order valence-electron chi connectivity index (χ4n) is 3.47. The number of nitrogens with one attached hydrogen (secondary N) is 4. The summed E-state index contributed by atoms with van der Waals surface area (Å²) in [6, 6.07) is -1.78. The molecule has 0 aromatic carbocycles. The number of carbonyl (C=O) groups is 5. The van der Waals surface area contributed by atoms with Crippen LogP contribution in [0.3, 0.4) is 0 Å². The molecule has 1 aliphatic carbocycles. The largest absolute Gasteiger partial charge is 0.456 e. The minimum atomic E-state index is -1.07. The topological polar surface area (TPSA) is 143 Å². The molecule has 2 fully saturated rings. The van der Waals surface area contributed by atoms with Crippen molar-refractivity contribution >= 4 is 51.2 Å². The summed E-state index contributed by atoms with van der Waals surface area (Å²) in [5.74, 6) is -1.80. The number of ether oxygens (including phenoxy) is 1. The molecule has 1 saturated carbocycles. The molecule has 3 rings (SSSR count). The molecule has 3 aliphatic rings. The van der Waals surface area contributed by atoms with Crippen molar-refractivity contribution in [1.82, 2.24) is 21.3 Å². The molecule has 12 heteroatoms. The lowest BCUT2D eigenvalue weighted by Gasteiger charge is -2.27. The maximum atomic E-state index is 13.1. The van der Waals surface area contributed by atoms with Gasteiger partial charge in [-0.05, 0) is 31.3 Å². The van der Waals surface area contributed by atoms with E-state index in [0.717, 1.165) is 5.75 Å². The van der Waals surface area contributed by atoms with Crippen LogP contribution in [0.4, 0.5) is 0 Å². The molecule has 4 N–H and O–H groups in total. The Labute approximate surface area is 200 Å².